The smallest absolute Gasteiger partial charge is 0.258 e. The fourth-order valence-corrected chi connectivity index (χ4v) is 3.47. The van der Waals surface area contributed by atoms with Gasteiger partial charge >= 0.3 is 0 Å². The lowest BCUT2D eigenvalue weighted by Gasteiger charge is -2.32. The van der Waals surface area contributed by atoms with Gasteiger partial charge in [0.25, 0.3) is 5.91 Å². The van der Waals surface area contributed by atoms with Gasteiger partial charge in [0, 0.05) is 31.0 Å². The number of aromatic nitrogens is 1. The minimum Gasteiger partial charge on any atom is -0.490 e. The summed E-state index contributed by atoms with van der Waals surface area (Å²) in [7, 11) is 0. The number of aryl methyl sites for hydroxylation is 1. The fourth-order valence-electron chi connectivity index (χ4n) is 2.69. The molecule has 5 nitrogen and oxygen atoms in total. The van der Waals surface area contributed by atoms with Gasteiger partial charge in [-0.3, -0.25) is 4.79 Å². The van der Waals surface area contributed by atoms with Crippen molar-refractivity contribution in [1.29, 1.82) is 0 Å². The van der Waals surface area contributed by atoms with Crippen molar-refractivity contribution < 1.29 is 9.53 Å². The van der Waals surface area contributed by atoms with E-state index in [1.165, 1.54) is 11.5 Å². The number of anilines is 1. The molecule has 2 heterocycles. The van der Waals surface area contributed by atoms with Crippen molar-refractivity contribution in [3.05, 3.63) is 40.5 Å². The largest absolute Gasteiger partial charge is 0.490 e. The number of nitrogens with zero attached hydrogens (tertiary/aromatic N) is 2. The molecule has 1 fully saturated rings. The third-order valence-corrected chi connectivity index (χ3v) is 4.97. The Morgan fingerprint density at radius 1 is 1.35 bits per heavy atom. The van der Waals surface area contributed by atoms with Crippen LogP contribution < -0.4 is 10.5 Å². The van der Waals surface area contributed by atoms with Crippen LogP contribution in [0.1, 0.15) is 28.9 Å². The van der Waals surface area contributed by atoms with Gasteiger partial charge in [0.1, 0.15) is 16.9 Å². The number of nitrogen functional groups attached to an aromatic ring is 1. The molecular formula is C16H18ClN3O2S. The zero-order valence-corrected chi connectivity index (χ0v) is 14.4. The molecule has 1 amide bonds. The summed E-state index contributed by atoms with van der Waals surface area (Å²) in [6, 6.07) is 7.34. The molecule has 3 rings (SSSR count). The van der Waals surface area contributed by atoms with Gasteiger partial charge in [-0.25, -0.2) is 0 Å². The Hall–Kier alpha value is -1.79. The van der Waals surface area contributed by atoms with Gasteiger partial charge in [-0.2, -0.15) is 4.37 Å². The molecule has 0 saturated carbocycles. The maximum atomic E-state index is 12.6. The molecule has 7 heteroatoms. The van der Waals surface area contributed by atoms with Crippen molar-refractivity contribution in [2.45, 2.75) is 25.9 Å². The number of carbonyl (C=O) groups excluding carboxylic acids is 1. The molecule has 0 atom stereocenters. The maximum absolute atomic E-state index is 12.6. The van der Waals surface area contributed by atoms with E-state index in [1.54, 1.807) is 0 Å². The van der Waals surface area contributed by atoms with Crippen LogP contribution in [0.2, 0.25) is 5.02 Å². The average Bonchev–Trinajstić information content (AvgIpc) is 2.88. The molecule has 0 unspecified atom stereocenters. The number of benzene rings is 1. The van der Waals surface area contributed by atoms with Crippen molar-refractivity contribution in [2.75, 3.05) is 18.8 Å². The summed E-state index contributed by atoms with van der Waals surface area (Å²) < 4.78 is 10.1. The van der Waals surface area contributed by atoms with Crippen LogP contribution in [0.25, 0.3) is 0 Å². The molecule has 0 spiro atoms. The SMILES string of the molecule is Cc1nsc(N)c1C(=O)N1CCC(Oc2ccc(Cl)cc2)CC1. The van der Waals surface area contributed by atoms with E-state index in [0.29, 0.717) is 34.4 Å². The molecule has 2 N–H and O–H groups in total. The van der Waals surface area contributed by atoms with E-state index in [-0.39, 0.29) is 12.0 Å². The molecule has 0 radical (unpaired) electrons. The Morgan fingerprint density at radius 2 is 2.00 bits per heavy atom. The van der Waals surface area contributed by atoms with Crippen molar-refractivity contribution in [2.24, 2.45) is 0 Å². The monoisotopic (exact) mass is 351 g/mol. The minimum absolute atomic E-state index is 0.0290. The van der Waals surface area contributed by atoms with Crippen LogP contribution in [0.4, 0.5) is 5.00 Å². The van der Waals surface area contributed by atoms with Crippen LogP contribution in [-0.2, 0) is 0 Å². The highest BCUT2D eigenvalue weighted by atomic mass is 35.5. The summed E-state index contributed by atoms with van der Waals surface area (Å²) >= 11 is 7.04. The number of nitrogens with two attached hydrogens (primary N) is 1. The van der Waals surface area contributed by atoms with Crippen LogP contribution in [-0.4, -0.2) is 34.4 Å². The van der Waals surface area contributed by atoms with Crippen LogP contribution >= 0.6 is 23.1 Å². The topological polar surface area (TPSA) is 68.5 Å². The first kappa shape index (κ1) is 16.1. The molecule has 23 heavy (non-hydrogen) atoms. The van der Waals surface area contributed by atoms with Gasteiger partial charge in [0.05, 0.1) is 11.3 Å². The first-order valence-corrected chi connectivity index (χ1v) is 8.63. The van der Waals surface area contributed by atoms with E-state index in [9.17, 15) is 4.79 Å². The van der Waals surface area contributed by atoms with Gasteiger partial charge in [0.2, 0.25) is 0 Å². The number of hydrogen-bond donors (Lipinski definition) is 1. The second-order valence-electron chi connectivity index (χ2n) is 5.57. The number of halogens is 1. The summed E-state index contributed by atoms with van der Waals surface area (Å²) in [5.41, 5.74) is 7.12. The van der Waals surface area contributed by atoms with Gasteiger partial charge in [0.15, 0.2) is 0 Å². The van der Waals surface area contributed by atoms with Gasteiger partial charge in [-0.15, -0.1) is 0 Å². The van der Waals surface area contributed by atoms with Gasteiger partial charge < -0.3 is 15.4 Å². The van der Waals surface area contributed by atoms with E-state index in [2.05, 4.69) is 4.37 Å². The van der Waals surface area contributed by atoms with E-state index >= 15 is 0 Å². The molecular weight excluding hydrogens is 334 g/mol. The van der Waals surface area contributed by atoms with E-state index in [1.807, 2.05) is 36.1 Å². The lowest BCUT2D eigenvalue weighted by atomic mass is 10.1. The minimum atomic E-state index is -0.0290. The summed E-state index contributed by atoms with van der Waals surface area (Å²) in [5, 5.41) is 1.18. The number of ether oxygens (including phenoxy) is 1. The number of rotatable bonds is 3. The number of amides is 1. The summed E-state index contributed by atoms with van der Waals surface area (Å²) in [5.74, 6) is 0.778. The highest BCUT2D eigenvalue weighted by Crippen LogP contribution is 2.25. The van der Waals surface area contributed by atoms with E-state index < -0.39 is 0 Å². The first-order valence-electron chi connectivity index (χ1n) is 7.48. The Bertz CT molecular complexity index is 674. The number of hydrogen-bond acceptors (Lipinski definition) is 5. The Morgan fingerprint density at radius 3 is 2.57 bits per heavy atom. The Balaban J connectivity index is 1.58. The van der Waals surface area contributed by atoms with E-state index in [0.717, 1.165) is 18.6 Å². The van der Waals surface area contributed by atoms with Crippen molar-refractivity contribution >= 4 is 34.0 Å². The number of likely N-dealkylation sites (tertiary alicyclic amines) is 1. The lowest BCUT2D eigenvalue weighted by molar-refractivity contribution is 0.0596. The number of piperidine rings is 1. The zero-order valence-electron chi connectivity index (χ0n) is 12.8. The van der Waals surface area contributed by atoms with Crippen LogP contribution in [0.5, 0.6) is 5.75 Å². The van der Waals surface area contributed by atoms with Gasteiger partial charge in [-0.05, 0) is 42.7 Å². The first-order chi connectivity index (χ1) is 11.0. The molecule has 122 valence electrons. The predicted octanol–water partition coefficient (Wildman–Crippen LogP) is 3.37. The summed E-state index contributed by atoms with van der Waals surface area (Å²) in [4.78, 5) is 14.4. The van der Waals surface area contributed by atoms with E-state index in [4.69, 9.17) is 22.1 Å². The molecule has 1 aromatic carbocycles. The molecule has 0 bridgehead atoms. The van der Waals surface area contributed by atoms with Crippen molar-refractivity contribution in [1.82, 2.24) is 9.27 Å². The predicted molar refractivity (Wildman–Crippen MR) is 92.3 cm³/mol. The molecule has 1 saturated heterocycles. The third kappa shape index (κ3) is 3.59. The molecule has 0 aliphatic carbocycles. The quantitative estimate of drug-likeness (QED) is 0.920. The summed E-state index contributed by atoms with van der Waals surface area (Å²) in [6.07, 6.45) is 1.70. The van der Waals surface area contributed by atoms with Crippen LogP contribution in [0.15, 0.2) is 24.3 Å². The second kappa shape index (κ2) is 6.76. The molecule has 1 aliphatic rings. The van der Waals surface area contributed by atoms with Crippen LogP contribution in [0, 0.1) is 6.92 Å². The molecule has 1 aliphatic heterocycles. The Labute approximate surface area is 144 Å². The fraction of sp³-hybridized carbons (Fsp3) is 0.375. The normalized spacial score (nSPS) is 15.7. The van der Waals surface area contributed by atoms with Crippen LogP contribution in [0.3, 0.4) is 0 Å². The molecule has 1 aromatic heterocycles. The number of carbonyl (C=O) groups is 1. The standard InChI is InChI=1S/C16H18ClN3O2S/c1-10-14(15(18)23-19-10)16(21)20-8-6-13(7-9-20)22-12-4-2-11(17)3-5-12/h2-5,13H,6-9,18H2,1H3. The molecule has 2 aromatic rings. The Kier molecular flexibility index (Phi) is 4.73. The second-order valence-corrected chi connectivity index (χ2v) is 6.81. The average molecular weight is 352 g/mol. The van der Waals surface area contributed by atoms with Crippen molar-refractivity contribution in [3.8, 4) is 5.75 Å². The maximum Gasteiger partial charge on any atom is 0.258 e. The third-order valence-electron chi connectivity index (χ3n) is 3.95. The summed E-state index contributed by atoms with van der Waals surface area (Å²) in [6.45, 7) is 3.13. The van der Waals surface area contributed by atoms with Gasteiger partial charge in [-0.1, -0.05) is 11.6 Å². The highest BCUT2D eigenvalue weighted by Gasteiger charge is 2.27. The zero-order chi connectivity index (χ0) is 16.4. The van der Waals surface area contributed by atoms with Crippen molar-refractivity contribution in [3.63, 3.8) is 0 Å². The highest BCUT2D eigenvalue weighted by molar-refractivity contribution is 7.10. The lowest BCUT2D eigenvalue weighted by Crippen LogP contribution is -2.42.